The minimum Gasteiger partial charge on any atom is -0.497 e. The zero-order valence-corrected chi connectivity index (χ0v) is 20.2. The summed E-state index contributed by atoms with van der Waals surface area (Å²) in [5.41, 5.74) is 3.09. The van der Waals surface area contributed by atoms with Gasteiger partial charge in [-0.1, -0.05) is 29.8 Å². The number of hydrogen-bond acceptors (Lipinski definition) is 5. The Labute approximate surface area is 201 Å². The third-order valence-electron chi connectivity index (χ3n) is 6.10. The number of methoxy groups -OCH3 is 1. The van der Waals surface area contributed by atoms with Crippen LogP contribution in [0.3, 0.4) is 0 Å². The van der Waals surface area contributed by atoms with Crippen molar-refractivity contribution in [1.82, 2.24) is 14.7 Å². The molecule has 33 heavy (non-hydrogen) atoms. The molecule has 2 aromatic carbocycles. The van der Waals surface area contributed by atoms with Crippen LogP contribution < -0.4 is 9.64 Å². The van der Waals surface area contributed by atoms with Crippen LogP contribution >= 0.6 is 22.9 Å². The maximum absolute atomic E-state index is 13.3. The lowest BCUT2D eigenvalue weighted by atomic mass is 10.2. The SMILES string of the molecule is COc1ccc(N2CCN(C(=O)c3cc4c(C)nn(Cc5ccccc5Cl)c4s3)CC2)cc1. The Balaban J connectivity index is 1.30. The van der Waals surface area contributed by atoms with Crippen LogP contribution in [0, 0.1) is 6.92 Å². The smallest absolute Gasteiger partial charge is 0.264 e. The van der Waals surface area contributed by atoms with Gasteiger partial charge in [0.25, 0.3) is 5.91 Å². The molecule has 0 radical (unpaired) electrons. The van der Waals surface area contributed by atoms with Gasteiger partial charge in [0.15, 0.2) is 0 Å². The summed E-state index contributed by atoms with van der Waals surface area (Å²) in [5, 5.41) is 6.44. The van der Waals surface area contributed by atoms with Crippen LogP contribution in [0.1, 0.15) is 20.9 Å². The van der Waals surface area contributed by atoms with E-state index in [0.717, 1.165) is 55.9 Å². The number of anilines is 1. The van der Waals surface area contributed by atoms with Crippen molar-refractivity contribution in [3.63, 3.8) is 0 Å². The summed E-state index contributed by atoms with van der Waals surface area (Å²) < 4.78 is 7.20. The number of carbonyl (C=O) groups excluding carboxylic acids is 1. The molecular weight excluding hydrogens is 456 g/mol. The molecule has 0 bridgehead atoms. The lowest BCUT2D eigenvalue weighted by Gasteiger charge is -2.36. The number of rotatable bonds is 5. The number of fused-ring (bicyclic) bond motifs is 1. The van der Waals surface area contributed by atoms with E-state index in [1.807, 2.05) is 59.0 Å². The summed E-state index contributed by atoms with van der Waals surface area (Å²) in [4.78, 5) is 19.3. The summed E-state index contributed by atoms with van der Waals surface area (Å²) in [5.74, 6) is 0.940. The molecular formula is C25H25ClN4O2S. The van der Waals surface area contributed by atoms with Crippen molar-refractivity contribution in [1.29, 1.82) is 0 Å². The van der Waals surface area contributed by atoms with Gasteiger partial charge in [0, 0.05) is 42.3 Å². The van der Waals surface area contributed by atoms with Gasteiger partial charge in [-0.2, -0.15) is 5.10 Å². The molecule has 1 fully saturated rings. The molecule has 5 rings (SSSR count). The zero-order chi connectivity index (χ0) is 22.9. The van der Waals surface area contributed by atoms with E-state index in [9.17, 15) is 4.79 Å². The average Bonchev–Trinajstić information content (AvgIpc) is 3.41. The molecule has 2 aromatic heterocycles. The van der Waals surface area contributed by atoms with Gasteiger partial charge in [0.1, 0.15) is 10.6 Å². The maximum Gasteiger partial charge on any atom is 0.264 e. The number of halogens is 1. The summed E-state index contributed by atoms with van der Waals surface area (Å²) in [6.45, 7) is 5.58. The molecule has 1 amide bonds. The van der Waals surface area contributed by atoms with Crippen molar-refractivity contribution in [3.8, 4) is 5.75 Å². The Kier molecular flexibility index (Phi) is 6.00. The minimum atomic E-state index is 0.0919. The first-order valence-corrected chi connectivity index (χ1v) is 12.1. The van der Waals surface area contributed by atoms with Gasteiger partial charge in [-0.15, -0.1) is 11.3 Å². The summed E-state index contributed by atoms with van der Waals surface area (Å²) in [6, 6.07) is 17.9. The number of benzene rings is 2. The molecule has 0 saturated carbocycles. The van der Waals surface area contributed by atoms with Crippen LogP contribution in [0.4, 0.5) is 5.69 Å². The molecule has 6 nitrogen and oxygen atoms in total. The van der Waals surface area contributed by atoms with E-state index >= 15 is 0 Å². The fourth-order valence-corrected chi connectivity index (χ4v) is 5.55. The highest BCUT2D eigenvalue weighted by Gasteiger charge is 2.25. The van der Waals surface area contributed by atoms with Crippen LogP contribution in [0.25, 0.3) is 10.2 Å². The van der Waals surface area contributed by atoms with E-state index in [1.165, 1.54) is 11.3 Å². The van der Waals surface area contributed by atoms with Gasteiger partial charge in [-0.3, -0.25) is 9.48 Å². The number of ether oxygens (including phenoxy) is 1. The molecule has 170 valence electrons. The topological polar surface area (TPSA) is 50.6 Å². The molecule has 0 spiro atoms. The first kappa shape index (κ1) is 21.8. The fraction of sp³-hybridized carbons (Fsp3) is 0.280. The van der Waals surface area contributed by atoms with E-state index in [4.69, 9.17) is 16.3 Å². The highest BCUT2D eigenvalue weighted by atomic mass is 35.5. The second-order valence-corrected chi connectivity index (χ2v) is 9.58. The highest BCUT2D eigenvalue weighted by molar-refractivity contribution is 7.20. The standard InChI is InChI=1S/C25H25ClN4O2S/c1-17-21-15-23(33-25(21)30(27-17)16-18-5-3-4-6-22(18)26)24(31)29-13-11-28(12-14-29)19-7-9-20(32-2)10-8-19/h3-10,15H,11-14,16H2,1-2H3. The molecule has 0 unspecified atom stereocenters. The number of hydrogen-bond donors (Lipinski definition) is 0. The van der Waals surface area contributed by atoms with Gasteiger partial charge in [0.2, 0.25) is 0 Å². The zero-order valence-electron chi connectivity index (χ0n) is 18.6. The van der Waals surface area contributed by atoms with Crippen molar-refractivity contribution >= 4 is 44.7 Å². The monoisotopic (exact) mass is 480 g/mol. The molecule has 0 atom stereocenters. The maximum atomic E-state index is 13.3. The second kappa shape index (κ2) is 9.08. The van der Waals surface area contributed by atoms with Crippen LogP contribution in [-0.2, 0) is 6.54 Å². The fourth-order valence-electron chi connectivity index (χ4n) is 4.23. The average molecular weight is 481 g/mol. The van der Waals surface area contributed by atoms with Crippen molar-refractivity contribution in [3.05, 3.63) is 75.8 Å². The highest BCUT2D eigenvalue weighted by Crippen LogP contribution is 2.31. The minimum absolute atomic E-state index is 0.0919. The Morgan fingerprint density at radius 1 is 1.09 bits per heavy atom. The van der Waals surface area contributed by atoms with E-state index in [-0.39, 0.29) is 5.91 Å². The Bertz CT molecular complexity index is 1290. The van der Waals surface area contributed by atoms with Gasteiger partial charge >= 0.3 is 0 Å². The lowest BCUT2D eigenvalue weighted by Crippen LogP contribution is -2.48. The molecule has 3 heterocycles. The number of aromatic nitrogens is 2. The van der Waals surface area contributed by atoms with Crippen LogP contribution in [0.5, 0.6) is 5.75 Å². The first-order valence-electron chi connectivity index (χ1n) is 10.9. The Hall–Kier alpha value is -3.03. The molecule has 4 aromatic rings. The predicted molar refractivity (Wildman–Crippen MR) is 134 cm³/mol. The van der Waals surface area contributed by atoms with Crippen LogP contribution in [0.15, 0.2) is 54.6 Å². The third-order valence-corrected chi connectivity index (χ3v) is 7.61. The van der Waals surface area contributed by atoms with E-state index in [0.29, 0.717) is 19.6 Å². The normalized spacial score (nSPS) is 14.2. The number of piperazine rings is 1. The lowest BCUT2D eigenvalue weighted by molar-refractivity contribution is 0.0751. The number of carbonyl (C=O) groups is 1. The van der Waals surface area contributed by atoms with Crippen LogP contribution in [0.2, 0.25) is 5.02 Å². The largest absolute Gasteiger partial charge is 0.497 e. The quantitative estimate of drug-likeness (QED) is 0.399. The predicted octanol–water partition coefficient (Wildman–Crippen LogP) is 5.08. The molecule has 1 aliphatic rings. The van der Waals surface area contributed by atoms with E-state index in [2.05, 4.69) is 22.1 Å². The van der Waals surface area contributed by atoms with Gasteiger partial charge in [0.05, 0.1) is 24.2 Å². The molecule has 1 aliphatic heterocycles. The summed E-state index contributed by atoms with van der Waals surface area (Å²) >= 11 is 7.86. The van der Waals surface area contributed by atoms with Gasteiger partial charge in [-0.05, 0) is 48.9 Å². The summed E-state index contributed by atoms with van der Waals surface area (Å²) in [6.07, 6.45) is 0. The third kappa shape index (κ3) is 4.30. The Morgan fingerprint density at radius 3 is 2.52 bits per heavy atom. The summed E-state index contributed by atoms with van der Waals surface area (Å²) in [7, 11) is 1.67. The number of thiophene rings is 1. The van der Waals surface area contributed by atoms with Crippen molar-refractivity contribution in [2.45, 2.75) is 13.5 Å². The van der Waals surface area contributed by atoms with Crippen molar-refractivity contribution < 1.29 is 9.53 Å². The van der Waals surface area contributed by atoms with Crippen LogP contribution in [-0.4, -0.2) is 53.9 Å². The van der Waals surface area contributed by atoms with Crippen molar-refractivity contribution in [2.24, 2.45) is 0 Å². The second-order valence-electron chi connectivity index (χ2n) is 8.14. The molecule has 0 N–H and O–H groups in total. The molecule has 0 aliphatic carbocycles. The Morgan fingerprint density at radius 2 is 1.82 bits per heavy atom. The first-order chi connectivity index (χ1) is 16.0. The number of amides is 1. The van der Waals surface area contributed by atoms with E-state index in [1.54, 1.807) is 7.11 Å². The van der Waals surface area contributed by atoms with Crippen molar-refractivity contribution in [2.75, 3.05) is 38.2 Å². The number of nitrogens with zero attached hydrogens (tertiary/aromatic N) is 4. The molecule has 1 saturated heterocycles. The van der Waals surface area contributed by atoms with Gasteiger partial charge in [-0.25, -0.2) is 0 Å². The number of aryl methyl sites for hydroxylation is 1. The molecule has 8 heteroatoms. The van der Waals surface area contributed by atoms with E-state index < -0.39 is 0 Å². The van der Waals surface area contributed by atoms with Gasteiger partial charge < -0.3 is 14.5 Å².